The average Bonchev–Trinajstić information content (AvgIpc) is 3.38. The molecule has 28 heavy (non-hydrogen) atoms. The molecule has 0 fully saturated rings. The zero-order chi connectivity index (χ0) is 18.2. The van der Waals surface area contributed by atoms with Crippen LogP contribution in [0.1, 0.15) is 0 Å². The SMILES string of the molecule is c1ccc2c(c1)ccc1ccc3c4c5ccccc5sc4c4nncn4c3c12. The largest absolute Gasteiger partial charge is 0.280 e. The first-order valence-corrected chi connectivity index (χ1v) is 10.1. The first-order valence-electron chi connectivity index (χ1n) is 9.27. The van der Waals surface area contributed by atoms with Crippen molar-refractivity contribution in [3.63, 3.8) is 0 Å². The molecule has 7 aromatic rings. The lowest BCUT2D eigenvalue weighted by molar-refractivity contribution is 1.11. The Hall–Kier alpha value is -3.50. The lowest BCUT2D eigenvalue weighted by atomic mass is 9.97. The number of thiophene rings is 1. The molecule has 0 unspecified atom stereocenters. The van der Waals surface area contributed by atoms with Gasteiger partial charge in [0, 0.05) is 26.2 Å². The molecule has 0 amide bonds. The lowest BCUT2D eigenvalue weighted by Crippen LogP contribution is -1.91. The van der Waals surface area contributed by atoms with Crippen molar-refractivity contribution in [2.75, 3.05) is 0 Å². The Morgan fingerprint density at radius 3 is 2.43 bits per heavy atom. The standard InChI is InChI=1S/C24H13N3S/c1-2-6-16-14(5-1)9-10-15-11-12-18-21-17-7-3-4-8-19(17)28-23(21)24-26-25-13-27(24)22(18)20(15)16/h1-13H. The van der Waals surface area contributed by atoms with E-state index in [0.717, 1.165) is 5.65 Å². The van der Waals surface area contributed by atoms with Crippen LogP contribution in [0.3, 0.4) is 0 Å². The molecule has 0 spiro atoms. The van der Waals surface area contributed by atoms with Crippen molar-refractivity contribution in [3.8, 4) is 0 Å². The molecule has 7 rings (SSSR count). The summed E-state index contributed by atoms with van der Waals surface area (Å²) < 4.78 is 4.65. The number of pyridine rings is 1. The van der Waals surface area contributed by atoms with Gasteiger partial charge in [0.15, 0.2) is 5.65 Å². The summed E-state index contributed by atoms with van der Waals surface area (Å²) in [7, 11) is 0. The van der Waals surface area contributed by atoms with Gasteiger partial charge in [0.25, 0.3) is 0 Å². The molecule has 3 aromatic heterocycles. The molecule has 0 aliphatic rings. The summed E-state index contributed by atoms with van der Waals surface area (Å²) in [5.74, 6) is 0. The van der Waals surface area contributed by atoms with Crippen LogP contribution in [0.2, 0.25) is 0 Å². The minimum Gasteiger partial charge on any atom is -0.280 e. The Kier molecular flexibility index (Phi) is 2.63. The predicted molar refractivity (Wildman–Crippen MR) is 118 cm³/mol. The van der Waals surface area contributed by atoms with Gasteiger partial charge in [-0.05, 0) is 22.2 Å². The van der Waals surface area contributed by atoms with E-state index in [-0.39, 0.29) is 0 Å². The number of nitrogens with zero attached hydrogens (tertiary/aromatic N) is 3. The first kappa shape index (κ1) is 14.5. The van der Waals surface area contributed by atoms with E-state index in [1.807, 2.05) is 6.33 Å². The van der Waals surface area contributed by atoms with E-state index in [1.165, 1.54) is 52.6 Å². The highest BCUT2D eigenvalue weighted by Gasteiger charge is 2.17. The summed E-state index contributed by atoms with van der Waals surface area (Å²) in [6.07, 6.45) is 1.85. The summed E-state index contributed by atoms with van der Waals surface area (Å²) in [5.41, 5.74) is 2.12. The third kappa shape index (κ3) is 1.69. The molecule has 0 aliphatic heterocycles. The molecular weight excluding hydrogens is 362 g/mol. The highest BCUT2D eigenvalue weighted by Crippen LogP contribution is 2.43. The highest BCUT2D eigenvalue weighted by molar-refractivity contribution is 7.26. The van der Waals surface area contributed by atoms with Crippen molar-refractivity contribution in [1.29, 1.82) is 0 Å². The third-order valence-corrected chi connectivity index (χ3v) is 6.91. The number of fused-ring (bicyclic) bond motifs is 12. The number of benzene rings is 4. The summed E-state index contributed by atoms with van der Waals surface area (Å²) in [6.45, 7) is 0. The van der Waals surface area contributed by atoms with Crippen LogP contribution in [0.4, 0.5) is 0 Å². The molecule has 130 valence electrons. The molecule has 4 heteroatoms. The summed E-state index contributed by atoms with van der Waals surface area (Å²) in [5, 5.41) is 17.6. The van der Waals surface area contributed by atoms with Crippen LogP contribution >= 0.6 is 11.3 Å². The number of aromatic nitrogens is 3. The summed E-state index contributed by atoms with van der Waals surface area (Å²) in [6, 6.07) is 26.1. The maximum absolute atomic E-state index is 4.50. The van der Waals surface area contributed by atoms with Gasteiger partial charge >= 0.3 is 0 Å². The van der Waals surface area contributed by atoms with Crippen LogP contribution in [-0.4, -0.2) is 14.6 Å². The Morgan fingerprint density at radius 2 is 1.46 bits per heavy atom. The molecule has 4 aromatic carbocycles. The van der Waals surface area contributed by atoms with E-state index in [4.69, 9.17) is 0 Å². The van der Waals surface area contributed by atoms with Gasteiger partial charge in [-0.3, -0.25) is 4.40 Å². The second-order valence-electron chi connectivity index (χ2n) is 7.17. The molecule has 3 heterocycles. The topological polar surface area (TPSA) is 30.2 Å². The van der Waals surface area contributed by atoms with E-state index in [2.05, 4.69) is 87.4 Å². The molecule has 0 N–H and O–H groups in total. The second kappa shape index (κ2) is 5.06. The molecule has 0 saturated carbocycles. The number of hydrogen-bond acceptors (Lipinski definition) is 3. The molecule has 0 radical (unpaired) electrons. The monoisotopic (exact) mass is 375 g/mol. The first-order chi connectivity index (χ1) is 13.9. The van der Waals surface area contributed by atoms with Crippen LogP contribution in [0.25, 0.3) is 58.3 Å². The Balaban J connectivity index is 1.91. The van der Waals surface area contributed by atoms with Gasteiger partial charge < -0.3 is 0 Å². The quantitative estimate of drug-likeness (QED) is 0.281. The van der Waals surface area contributed by atoms with E-state index >= 15 is 0 Å². The van der Waals surface area contributed by atoms with Crippen LogP contribution in [0.5, 0.6) is 0 Å². The fourth-order valence-corrected chi connectivity index (χ4v) is 5.75. The summed E-state index contributed by atoms with van der Waals surface area (Å²) >= 11 is 1.80. The third-order valence-electron chi connectivity index (χ3n) is 5.74. The maximum Gasteiger partial charge on any atom is 0.179 e. The smallest absolute Gasteiger partial charge is 0.179 e. The van der Waals surface area contributed by atoms with Gasteiger partial charge in [-0.15, -0.1) is 21.5 Å². The predicted octanol–water partition coefficient (Wildman–Crippen LogP) is 6.56. The normalized spacial score (nSPS) is 12.3. The van der Waals surface area contributed by atoms with Gasteiger partial charge in [0.2, 0.25) is 0 Å². The van der Waals surface area contributed by atoms with Crippen LogP contribution < -0.4 is 0 Å². The number of rotatable bonds is 0. The fourth-order valence-electron chi connectivity index (χ4n) is 4.55. The van der Waals surface area contributed by atoms with Crippen molar-refractivity contribution in [2.24, 2.45) is 0 Å². The van der Waals surface area contributed by atoms with E-state index < -0.39 is 0 Å². The summed E-state index contributed by atoms with van der Waals surface area (Å²) in [4.78, 5) is 0. The molecule has 0 bridgehead atoms. The zero-order valence-electron chi connectivity index (χ0n) is 14.8. The van der Waals surface area contributed by atoms with Gasteiger partial charge in [-0.25, -0.2) is 0 Å². The van der Waals surface area contributed by atoms with Crippen LogP contribution in [-0.2, 0) is 0 Å². The average molecular weight is 375 g/mol. The number of hydrogen-bond donors (Lipinski definition) is 0. The van der Waals surface area contributed by atoms with Crippen molar-refractivity contribution in [3.05, 3.63) is 79.1 Å². The van der Waals surface area contributed by atoms with Crippen molar-refractivity contribution >= 4 is 69.6 Å². The fraction of sp³-hybridized carbons (Fsp3) is 0. The minimum absolute atomic E-state index is 0.934. The lowest BCUT2D eigenvalue weighted by Gasteiger charge is -2.11. The van der Waals surface area contributed by atoms with Crippen LogP contribution in [0.15, 0.2) is 79.1 Å². The molecular formula is C24H13N3S. The zero-order valence-corrected chi connectivity index (χ0v) is 15.6. The molecule has 3 nitrogen and oxygen atoms in total. The van der Waals surface area contributed by atoms with Crippen LogP contribution in [0, 0.1) is 0 Å². The maximum atomic E-state index is 4.50. The molecule has 0 saturated heterocycles. The molecule has 0 atom stereocenters. The second-order valence-corrected chi connectivity index (χ2v) is 8.23. The minimum atomic E-state index is 0.934. The Morgan fingerprint density at radius 1 is 0.679 bits per heavy atom. The highest BCUT2D eigenvalue weighted by atomic mass is 32.1. The van der Waals surface area contributed by atoms with Gasteiger partial charge in [-0.2, -0.15) is 0 Å². The molecule has 0 aliphatic carbocycles. The van der Waals surface area contributed by atoms with Crippen molar-refractivity contribution in [2.45, 2.75) is 0 Å². The van der Waals surface area contributed by atoms with Gasteiger partial charge in [-0.1, -0.05) is 66.7 Å². The van der Waals surface area contributed by atoms with Gasteiger partial charge in [0.05, 0.1) is 10.2 Å². The van der Waals surface area contributed by atoms with E-state index in [0.29, 0.717) is 0 Å². The van der Waals surface area contributed by atoms with Gasteiger partial charge in [0.1, 0.15) is 6.33 Å². The Bertz CT molecular complexity index is 1720. The Labute approximate surface area is 163 Å². The van der Waals surface area contributed by atoms with Crippen molar-refractivity contribution < 1.29 is 0 Å². The van der Waals surface area contributed by atoms with E-state index in [1.54, 1.807) is 11.3 Å². The van der Waals surface area contributed by atoms with Crippen molar-refractivity contribution in [1.82, 2.24) is 14.6 Å². The van der Waals surface area contributed by atoms with E-state index in [9.17, 15) is 0 Å².